The molecule has 4 aromatic rings. The molecule has 1 N–H and O–H groups in total. The molecule has 0 radical (unpaired) electrons. The Kier molecular flexibility index (Phi) is 5.34. The molecule has 0 aliphatic heterocycles. The number of halogens is 3. The van der Waals surface area contributed by atoms with Gasteiger partial charge in [0.1, 0.15) is 11.6 Å². The lowest BCUT2D eigenvalue weighted by Gasteiger charge is -2.07. The highest BCUT2D eigenvalue weighted by molar-refractivity contribution is 7.17. The molecule has 29 heavy (non-hydrogen) atoms. The Hall–Kier alpha value is -2.77. The summed E-state index contributed by atoms with van der Waals surface area (Å²) in [6.45, 7) is 2.26. The second-order valence-corrected chi connectivity index (χ2v) is 8.02. The Morgan fingerprint density at radius 1 is 1.21 bits per heavy atom. The summed E-state index contributed by atoms with van der Waals surface area (Å²) >= 11 is 7.44. The van der Waals surface area contributed by atoms with E-state index in [9.17, 15) is 13.6 Å². The second kappa shape index (κ2) is 7.93. The third kappa shape index (κ3) is 4.02. The van der Waals surface area contributed by atoms with Gasteiger partial charge in [-0.1, -0.05) is 29.0 Å². The molecule has 0 atom stereocenters. The Morgan fingerprint density at radius 2 is 1.97 bits per heavy atom. The van der Waals surface area contributed by atoms with Crippen molar-refractivity contribution in [1.82, 2.24) is 14.7 Å². The third-order valence-electron chi connectivity index (χ3n) is 4.64. The maximum Gasteiger partial charge on any atom is 0.224 e. The molecule has 8 heteroatoms. The highest BCUT2D eigenvalue weighted by Gasteiger charge is 2.15. The van der Waals surface area contributed by atoms with Crippen LogP contribution in [0.15, 0.2) is 48.7 Å². The molecule has 0 saturated heterocycles. The molecule has 2 aromatic heterocycles. The van der Waals surface area contributed by atoms with E-state index in [0.717, 1.165) is 26.8 Å². The molecular weight excluding hydrogens is 416 g/mol. The third-order valence-corrected chi connectivity index (χ3v) is 6.15. The van der Waals surface area contributed by atoms with Crippen LogP contribution >= 0.6 is 22.9 Å². The zero-order valence-corrected chi connectivity index (χ0v) is 17.0. The summed E-state index contributed by atoms with van der Waals surface area (Å²) < 4.78 is 28.9. The van der Waals surface area contributed by atoms with E-state index in [0.29, 0.717) is 6.54 Å². The Balaban J connectivity index is 1.47. The number of hydrogen-bond donors (Lipinski definition) is 1. The van der Waals surface area contributed by atoms with Crippen LogP contribution in [0.4, 0.5) is 8.78 Å². The van der Waals surface area contributed by atoms with Crippen molar-refractivity contribution in [3.63, 3.8) is 0 Å². The van der Waals surface area contributed by atoms with Gasteiger partial charge in [-0.05, 0) is 43.3 Å². The summed E-state index contributed by atoms with van der Waals surface area (Å²) in [5.41, 5.74) is 2.73. The minimum Gasteiger partial charge on any atom is -0.351 e. The molecule has 0 bridgehead atoms. The monoisotopic (exact) mass is 431 g/mol. The minimum absolute atomic E-state index is 0.123. The van der Waals surface area contributed by atoms with Gasteiger partial charge in [0.2, 0.25) is 5.91 Å². The predicted molar refractivity (Wildman–Crippen MR) is 110 cm³/mol. The largest absolute Gasteiger partial charge is 0.351 e. The highest BCUT2D eigenvalue weighted by atomic mass is 35.5. The summed E-state index contributed by atoms with van der Waals surface area (Å²) in [6, 6.07) is 10.5. The van der Waals surface area contributed by atoms with Gasteiger partial charge < -0.3 is 5.32 Å². The Morgan fingerprint density at radius 3 is 2.66 bits per heavy atom. The number of hydrogen-bond acceptors (Lipinski definition) is 3. The Labute approximate surface area is 174 Å². The van der Waals surface area contributed by atoms with Crippen molar-refractivity contribution in [3.05, 3.63) is 81.5 Å². The van der Waals surface area contributed by atoms with Crippen molar-refractivity contribution in [2.75, 3.05) is 0 Å². The molecule has 2 aromatic carbocycles. The first-order valence-corrected chi connectivity index (χ1v) is 10.0. The van der Waals surface area contributed by atoms with Crippen LogP contribution in [-0.2, 0) is 17.8 Å². The van der Waals surface area contributed by atoms with Crippen LogP contribution in [0.3, 0.4) is 0 Å². The van der Waals surface area contributed by atoms with Crippen molar-refractivity contribution in [1.29, 1.82) is 0 Å². The van der Waals surface area contributed by atoms with Gasteiger partial charge in [0.15, 0.2) is 4.96 Å². The van der Waals surface area contributed by atoms with E-state index in [4.69, 9.17) is 11.6 Å². The number of aromatic nitrogens is 2. The molecule has 0 aliphatic rings. The Bertz CT molecular complexity index is 1180. The summed E-state index contributed by atoms with van der Waals surface area (Å²) in [4.78, 5) is 18.6. The first kappa shape index (κ1) is 19.5. The summed E-state index contributed by atoms with van der Waals surface area (Å²) in [7, 11) is 0. The van der Waals surface area contributed by atoms with E-state index in [1.165, 1.54) is 35.6 Å². The van der Waals surface area contributed by atoms with Gasteiger partial charge in [0.25, 0.3) is 0 Å². The molecule has 2 heterocycles. The molecule has 0 fully saturated rings. The minimum atomic E-state index is -0.494. The van der Waals surface area contributed by atoms with Crippen molar-refractivity contribution in [2.45, 2.75) is 19.9 Å². The summed E-state index contributed by atoms with van der Waals surface area (Å²) in [6.07, 6.45) is 1.76. The van der Waals surface area contributed by atoms with Crippen molar-refractivity contribution in [3.8, 4) is 11.3 Å². The highest BCUT2D eigenvalue weighted by Crippen LogP contribution is 2.27. The zero-order chi connectivity index (χ0) is 20.5. The molecule has 0 spiro atoms. The number of rotatable bonds is 5. The standard InChI is InChI=1S/C21H16ClF2N3OS/c1-12-19(10-25-20(28)9-15-16(22)3-2-4-17(15)24)29-21-26-18(11-27(12)21)13-5-7-14(23)8-6-13/h2-8,11H,9-10H2,1H3,(H,25,28). The number of amides is 1. The van der Waals surface area contributed by atoms with Crippen LogP contribution in [0, 0.1) is 18.6 Å². The van der Waals surface area contributed by atoms with Crippen LogP contribution in [-0.4, -0.2) is 15.3 Å². The fourth-order valence-corrected chi connectivity index (χ4v) is 4.29. The van der Waals surface area contributed by atoms with Crippen LogP contribution in [0.5, 0.6) is 0 Å². The van der Waals surface area contributed by atoms with Gasteiger partial charge in [-0.25, -0.2) is 13.8 Å². The SMILES string of the molecule is Cc1c(CNC(=O)Cc2c(F)cccc2Cl)sc2nc(-c3ccc(F)cc3)cn12. The number of aryl methyl sites for hydroxylation is 1. The first-order chi connectivity index (χ1) is 13.9. The maximum atomic E-state index is 13.8. The van der Waals surface area contributed by atoms with Crippen LogP contribution < -0.4 is 5.32 Å². The number of nitrogens with one attached hydrogen (secondary N) is 1. The van der Waals surface area contributed by atoms with E-state index in [1.807, 2.05) is 17.5 Å². The fraction of sp³-hybridized carbons (Fsp3) is 0.143. The first-order valence-electron chi connectivity index (χ1n) is 8.85. The van der Waals surface area contributed by atoms with Crippen molar-refractivity contribution >= 4 is 33.8 Å². The van der Waals surface area contributed by atoms with Gasteiger partial charge in [-0.15, -0.1) is 0 Å². The maximum absolute atomic E-state index is 13.8. The van der Waals surface area contributed by atoms with Gasteiger partial charge in [0, 0.05) is 32.9 Å². The number of thiazole rings is 1. The summed E-state index contributed by atoms with van der Waals surface area (Å²) in [5.74, 6) is -1.10. The van der Waals surface area contributed by atoms with Crippen molar-refractivity contribution < 1.29 is 13.6 Å². The number of carbonyl (C=O) groups is 1. The summed E-state index contributed by atoms with van der Waals surface area (Å²) in [5, 5.41) is 3.04. The van der Waals surface area contributed by atoms with Gasteiger partial charge in [0.05, 0.1) is 18.7 Å². The quantitative estimate of drug-likeness (QED) is 0.474. The lowest BCUT2D eigenvalue weighted by molar-refractivity contribution is -0.120. The smallest absolute Gasteiger partial charge is 0.224 e. The predicted octanol–water partition coefficient (Wildman–Crippen LogP) is 5.16. The van der Waals surface area contributed by atoms with Gasteiger partial charge in [-0.3, -0.25) is 9.20 Å². The van der Waals surface area contributed by atoms with E-state index in [2.05, 4.69) is 10.3 Å². The number of carbonyl (C=O) groups excluding carboxylic acids is 1. The van der Waals surface area contributed by atoms with E-state index in [1.54, 1.807) is 18.2 Å². The fourth-order valence-electron chi connectivity index (χ4n) is 3.02. The number of fused-ring (bicyclic) bond motifs is 1. The number of imidazole rings is 1. The average molecular weight is 432 g/mol. The van der Waals surface area contributed by atoms with E-state index >= 15 is 0 Å². The van der Waals surface area contributed by atoms with E-state index in [-0.39, 0.29) is 28.7 Å². The van der Waals surface area contributed by atoms with Crippen LogP contribution in [0.2, 0.25) is 5.02 Å². The number of benzene rings is 2. The van der Waals surface area contributed by atoms with Crippen molar-refractivity contribution in [2.24, 2.45) is 0 Å². The number of nitrogens with zero attached hydrogens (tertiary/aromatic N) is 2. The average Bonchev–Trinajstić information content (AvgIpc) is 3.23. The molecule has 4 rings (SSSR count). The molecule has 0 unspecified atom stereocenters. The molecule has 4 nitrogen and oxygen atoms in total. The molecular formula is C21H16ClF2N3OS. The van der Waals surface area contributed by atoms with E-state index < -0.39 is 5.82 Å². The molecule has 148 valence electrons. The normalized spacial score (nSPS) is 11.2. The topological polar surface area (TPSA) is 46.4 Å². The molecule has 0 saturated carbocycles. The lowest BCUT2D eigenvalue weighted by Crippen LogP contribution is -2.25. The zero-order valence-electron chi connectivity index (χ0n) is 15.4. The van der Waals surface area contributed by atoms with Gasteiger partial charge in [-0.2, -0.15) is 0 Å². The van der Waals surface area contributed by atoms with Gasteiger partial charge >= 0.3 is 0 Å². The second-order valence-electron chi connectivity index (χ2n) is 6.55. The molecule has 1 amide bonds. The van der Waals surface area contributed by atoms with Crippen LogP contribution in [0.25, 0.3) is 16.2 Å². The van der Waals surface area contributed by atoms with Crippen LogP contribution in [0.1, 0.15) is 16.1 Å². The lowest BCUT2D eigenvalue weighted by atomic mass is 10.1. The molecule has 0 aliphatic carbocycles.